The van der Waals surface area contributed by atoms with Crippen molar-refractivity contribution in [1.82, 2.24) is 14.9 Å². The molecule has 0 spiro atoms. The summed E-state index contributed by atoms with van der Waals surface area (Å²) in [6, 6.07) is 9.31. The van der Waals surface area contributed by atoms with Gasteiger partial charge in [-0.1, -0.05) is 29.8 Å². The van der Waals surface area contributed by atoms with Gasteiger partial charge in [-0.3, -0.25) is 4.79 Å². The molecule has 1 aromatic carbocycles. The number of carbonyl (C=O) groups is 1. The molecule has 2 heterocycles. The second-order valence-electron chi connectivity index (χ2n) is 6.39. The van der Waals surface area contributed by atoms with Gasteiger partial charge in [0.2, 0.25) is 11.8 Å². The van der Waals surface area contributed by atoms with Gasteiger partial charge in [-0.2, -0.15) is 4.98 Å². The topological polar surface area (TPSA) is 55.3 Å². The van der Waals surface area contributed by atoms with E-state index in [0.717, 1.165) is 24.1 Å². The number of benzene rings is 1. The van der Waals surface area contributed by atoms with Crippen LogP contribution in [-0.2, 0) is 4.79 Å². The second kappa shape index (κ2) is 8.32. The van der Waals surface area contributed by atoms with Crippen molar-refractivity contribution in [2.75, 3.05) is 13.1 Å². The van der Waals surface area contributed by atoms with E-state index in [9.17, 15) is 4.79 Å². The molecule has 0 aliphatic carbocycles. The molecular formula is C20H22ClN3O2. The number of hydrogen-bond acceptors (Lipinski definition) is 4. The Hall–Kier alpha value is -2.40. The molecule has 5 nitrogen and oxygen atoms in total. The lowest BCUT2D eigenvalue weighted by molar-refractivity contribution is -0.127. The minimum Gasteiger partial charge on any atom is -0.474 e. The third kappa shape index (κ3) is 4.82. The van der Waals surface area contributed by atoms with Gasteiger partial charge in [0.25, 0.3) is 0 Å². The molecule has 3 rings (SSSR count). The van der Waals surface area contributed by atoms with Crippen LogP contribution in [-0.4, -0.2) is 40.0 Å². The molecule has 26 heavy (non-hydrogen) atoms. The van der Waals surface area contributed by atoms with Crippen LogP contribution in [0.4, 0.5) is 0 Å². The average molecular weight is 372 g/mol. The summed E-state index contributed by atoms with van der Waals surface area (Å²) < 4.78 is 5.97. The number of halogens is 1. The first-order valence-electron chi connectivity index (χ1n) is 8.72. The molecule has 2 aromatic rings. The van der Waals surface area contributed by atoms with Crippen molar-refractivity contribution in [3.63, 3.8) is 0 Å². The molecule has 136 valence electrons. The highest BCUT2D eigenvalue weighted by atomic mass is 35.5. The summed E-state index contributed by atoms with van der Waals surface area (Å²) in [5, 5.41) is 0.638. The highest BCUT2D eigenvalue weighted by molar-refractivity contribution is 6.32. The van der Waals surface area contributed by atoms with E-state index in [0.29, 0.717) is 29.8 Å². The highest BCUT2D eigenvalue weighted by Crippen LogP contribution is 2.19. The number of nitrogens with zero attached hydrogens (tertiary/aromatic N) is 3. The summed E-state index contributed by atoms with van der Waals surface area (Å²) in [5.41, 5.74) is 1.74. The maximum atomic E-state index is 12.4. The van der Waals surface area contributed by atoms with Gasteiger partial charge >= 0.3 is 0 Å². The summed E-state index contributed by atoms with van der Waals surface area (Å²) in [5.74, 6) is 1.31. The molecule has 0 radical (unpaired) electrons. The van der Waals surface area contributed by atoms with E-state index in [2.05, 4.69) is 9.97 Å². The predicted molar refractivity (Wildman–Crippen MR) is 102 cm³/mol. The zero-order chi connectivity index (χ0) is 18.5. The number of piperidine rings is 1. The molecule has 0 atom stereocenters. The van der Waals surface area contributed by atoms with Gasteiger partial charge in [-0.25, -0.2) is 4.98 Å². The van der Waals surface area contributed by atoms with E-state index in [-0.39, 0.29) is 12.0 Å². The fourth-order valence-corrected chi connectivity index (χ4v) is 3.18. The van der Waals surface area contributed by atoms with Crippen LogP contribution in [0, 0.1) is 13.8 Å². The summed E-state index contributed by atoms with van der Waals surface area (Å²) >= 11 is 6.11. The van der Waals surface area contributed by atoms with Gasteiger partial charge in [-0.05, 0) is 31.6 Å². The quantitative estimate of drug-likeness (QED) is 0.766. The summed E-state index contributed by atoms with van der Waals surface area (Å²) in [7, 11) is 0. The lowest BCUT2D eigenvalue weighted by atomic mass is 10.1. The first kappa shape index (κ1) is 18.4. The zero-order valence-corrected chi connectivity index (χ0v) is 15.7. The Labute approximate surface area is 158 Å². The molecular weight excluding hydrogens is 350 g/mol. The van der Waals surface area contributed by atoms with Crippen molar-refractivity contribution < 1.29 is 9.53 Å². The normalized spacial score (nSPS) is 15.4. The van der Waals surface area contributed by atoms with Gasteiger partial charge in [0.15, 0.2) is 0 Å². The minimum absolute atomic E-state index is 0.00269. The molecule has 1 fully saturated rings. The minimum atomic E-state index is -0.00269. The van der Waals surface area contributed by atoms with Gasteiger partial charge in [0.05, 0.1) is 0 Å². The Morgan fingerprint density at radius 3 is 2.65 bits per heavy atom. The van der Waals surface area contributed by atoms with Crippen LogP contribution in [0.5, 0.6) is 5.88 Å². The highest BCUT2D eigenvalue weighted by Gasteiger charge is 2.23. The van der Waals surface area contributed by atoms with E-state index in [1.807, 2.05) is 49.1 Å². The third-order valence-electron chi connectivity index (χ3n) is 4.29. The summed E-state index contributed by atoms with van der Waals surface area (Å²) in [6.07, 6.45) is 4.99. The first-order valence-corrected chi connectivity index (χ1v) is 9.09. The molecule has 1 aliphatic heterocycles. The van der Waals surface area contributed by atoms with Crippen LogP contribution in [0.15, 0.2) is 36.4 Å². The number of ether oxygens (including phenoxy) is 1. The summed E-state index contributed by atoms with van der Waals surface area (Å²) in [4.78, 5) is 22.8. The Morgan fingerprint density at radius 2 is 1.96 bits per heavy atom. The number of hydrogen-bond donors (Lipinski definition) is 0. The fraction of sp³-hybridized carbons (Fsp3) is 0.350. The van der Waals surface area contributed by atoms with Gasteiger partial charge < -0.3 is 9.64 Å². The third-order valence-corrected chi connectivity index (χ3v) is 4.64. The Morgan fingerprint density at radius 1 is 1.23 bits per heavy atom. The van der Waals surface area contributed by atoms with Gasteiger partial charge in [-0.15, -0.1) is 0 Å². The number of aromatic nitrogens is 2. The van der Waals surface area contributed by atoms with Crippen molar-refractivity contribution >= 4 is 23.6 Å². The van der Waals surface area contributed by atoms with E-state index < -0.39 is 0 Å². The SMILES string of the molecule is Cc1cc(OC2CCN(C(=O)/C=C/c3ccccc3Cl)CC2)nc(C)n1. The Kier molecular flexibility index (Phi) is 5.89. The number of amides is 1. The Balaban J connectivity index is 1.53. The molecule has 1 amide bonds. The van der Waals surface area contributed by atoms with Crippen LogP contribution in [0.1, 0.15) is 29.9 Å². The zero-order valence-electron chi connectivity index (χ0n) is 15.0. The van der Waals surface area contributed by atoms with Crippen LogP contribution in [0.2, 0.25) is 5.02 Å². The lowest BCUT2D eigenvalue weighted by Gasteiger charge is -2.31. The first-order chi connectivity index (χ1) is 12.5. The van der Waals surface area contributed by atoms with Gasteiger partial charge in [0.1, 0.15) is 11.9 Å². The molecule has 1 aromatic heterocycles. The van der Waals surface area contributed by atoms with E-state index in [4.69, 9.17) is 16.3 Å². The van der Waals surface area contributed by atoms with Crippen molar-refractivity contribution in [3.05, 3.63) is 58.5 Å². The van der Waals surface area contributed by atoms with Crippen molar-refractivity contribution in [2.45, 2.75) is 32.8 Å². The molecule has 0 unspecified atom stereocenters. The van der Waals surface area contributed by atoms with Crippen LogP contribution in [0.3, 0.4) is 0 Å². The van der Waals surface area contributed by atoms with Crippen LogP contribution >= 0.6 is 11.6 Å². The summed E-state index contributed by atoms with van der Waals surface area (Å²) in [6.45, 7) is 5.11. The molecule has 0 bridgehead atoms. The molecule has 0 N–H and O–H groups in total. The fourth-order valence-electron chi connectivity index (χ4n) is 2.98. The van der Waals surface area contributed by atoms with Crippen molar-refractivity contribution in [3.8, 4) is 5.88 Å². The predicted octanol–water partition coefficient (Wildman–Crippen LogP) is 3.83. The molecule has 6 heteroatoms. The lowest BCUT2D eigenvalue weighted by Crippen LogP contribution is -2.41. The maximum absolute atomic E-state index is 12.4. The number of carbonyl (C=O) groups excluding carboxylic acids is 1. The van der Waals surface area contributed by atoms with Gasteiger partial charge in [0, 0.05) is 48.8 Å². The molecule has 0 saturated carbocycles. The van der Waals surface area contributed by atoms with E-state index in [1.54, 1.807) is 12.2 Å². The van der Waals surface area contributed by atoms with E-state index in [1.165, 1.54) is 0 Å². The van der Waals surface area contributed by atoms with Crippen LogP contribution < -0.4 is 4.74 Å². The van der Waals surface area contributed by atoms with Crippen molar-refractivity contribution in [1.29, 1.82) is 0 Å². The number of likely N-dealkylation sites (tertiary alicyclic amines) is 1. The second-order valence-corrected chi connectivity index (χ2v) is 6.80. The largest absolute Gasteiger partial charge is 0.474 e. The van der Waals surface area contributed by atoms with E-state index >= 15 is 0 Å². The molecule has 1 saturated heterocycles. The van der Waals surface area contributed by atoms with Crippen molar-refractivity contribution in [2.24, 2.45) is 0 Å². The average Bonchev–Trinajstić information content (AvgIpc) is 2.60. The Bertz CT molecular complexity index is 794. The monoisotopic (exact) mass is 371 g/mol. The smallest absolute Gasteiger partial charge is 0.246 e. The van der Waals surface area contributed by atoms with Crippen LogP contribution in [0.25, 0.3) is 6.08 Å². The number of rotatable bonds is 4. The number of aryl methyl sites for hydroxylation is 2. The molecule has 1 aliphatic rings. The maximum Gasteiger partial charge on any atom is 0.246 e. The standard InChI is InChI=1S/C20H22ClN3O2/c1-14-13-19(23-15(2)22-14)26-17-9-11-24(12-10-17)20(25)8-7-16-5-3-4-6-18(16)21/h3-8,13,17H,9-12H2,1-2H3/b8-7+.